The van der Waals surface area contributed by atoms with E-state index in [1.807, 2.05) is 13.1 Å². The van der Waals surface area contributed by atoms with E-state index in [0.29, 0.717) is 6.04 Å². The van der Waals surface area contributed by atoms with Crippen LogP contribution in [0, 0.1) is 0 Å². The Morgan fingerprint density at radius 3 is 2.44 bits per heavy atom. The molecular formula is C15H25NO2. The van der Waals surface area contributed by atoms with Gasteiger partial charge >= 0.3 is 0 Å². The fourth-order valence-corrected chi connectivity index (χ4v) is 2.09. The Bertz CT molecular complexity index is 352. The summed E-state index contributed by atoms with van der Waals surface area (Å²) in [6, 6.07) is 6.68. The number of unbranched alkanes of at least 4 members (excludes halogenated alkanes) is 1. The first-order valence-corrected chi connectivity index (χ1v) is 6.63. The van der Waals surface area contributed by atoms with Crippen molar-refractivity contribution in [1.82, 2.24) is 5.32 Å². The third kappa shape index (κ3) is 4.22. The molecule has 0 saturated carbocycles. The van der Waals surface area contributed by atoms with Crippen molar-refractivity contribution in [1.29, 1.82) is 0 Å². The van der Waals surface area contributed by atoms with Crippen LogP contribution in [0.15, 0.2) is 18.2 Å². The Balaban J connectivity index is 2.71. The highest BCUT2D eigenvalue weighted by atomic mass is 16.5. The predicted octanol–water partition coefficient (Wildman–Crippen LogP) is 3.02. The Kier molecular flexibility index (Phi) is 6.58. The number of methoxy groups -OCH3 is 2. The lowest BCUT2D eigenvalue weighted by atomic mass is 10.0. The largest absolute Gasteiger partial charge is 0.493 e. The number of rotatable bonds is 8. The quantitative estimate of drug-likeness (QED) is 0.770. The number of likely N-dealkylation sites (N-methyl/N-ethyl adjacent to an activating group) is 1. The van der Waals surface area contributed by atoms with Gasteiger partial charge in [0.15, 0.2) is 11.5 Å². The summed E-state index contributed by atoms with van der Waals surface area (Å²) in [4.78, 5) is 0. The van der Waals surface area contributed by atoms with Crippen molar-refractivity contribution in [2.75, 3.05) is 21.3 Å². The highest BCUT2D eigenvalue weighted by Crippen LogP contribution is 2.28. The average molecular weight is 251 g/mol. The van der Waals surface area contributed by atoms with E-state index in [-0.39, 0.29) is 0 Å². The van der Waals surface area contributed by atoms with Crippen LogP contribution in [0.1, 0.15) is 31.7 Å². The minimum atomic E-state index is 0.531. The van der Waals surface area contributed by atoms with Crippen LogP contribution in [0.2, 0.25) is 0 Å². The van der Waals surface area contributed by atoms with Gasteiger partial charge in [-0.1, -0.05) is 25.8 Å². The highest BCUT2D eigenvalue weighted by molar-refractivity contribution is 5.43. The van der Waals surface area contributed by atoms with Gasteiger partial charge in [0, 0.05) is 6.04 Å². The van der Waals surface area contributed by atoms with Crippen LogP contribution in [0.3, 0.4) is 0 Å². The van der Waals surface area contributed by atoms with Crippen molar-refractivity contribution < 1.29 is 9.47 Å². The minimum absolute atomic E-state index is 0.531. The van der Waals surface area contributed by atoms with Crippen LogP contribution in [0.5, 0.6) is 11.5 Å². The molecule has 0 heterocycles. The second-order valence-corrected chi connectivity index (χ2v) is 4.52. The molecule has 0 radical (unpaired) electrons. The van der Waals surface area contributed by atoms with Gasteiger partial charge in [-0.15, -0.1) is 0 Å². The molecule has 0 aromatic heterocycles. The number of nitrogens with one attached hydrogen (secondary N) is 1. The molecule has 3 heteroatoms. The Morgan fingerprint density at radius 2 is 1.89 bits per heavy atom. The van der Waals surface area contributed by atoms with E-state index in [9.17, 15) is 0 Å². The third-order valence-corrected chi connectivity index (χ3v) is 3.24. The van der Waals surface area contributed by atoms with Gasteiger partial charge in [0.05, 0.1) is 14.2 Å². The van der Waals surface area contributed by atoms with Crippen LogP contribution in [0.25, 0.3) is 0 Å². The molecule has 3 nitrogen and oxygen atoms in total. The van der Waals surface area contributed by atoms with Crippen molar-refractivity contribution in [3.05, 3.63) is 23.8 Å². The molecule has 0 aliphatic heterocycles. The van der Waals surface area contributed by atoms with Gasteiger partial charge in [0.1, 0.15) is 0 Å². The highest BCUT2D eigenvalue weighted by Gasteiger charge is 2.09. The van der Waals surface area contributed by atoms with Crippen molar-refractivity contribution in [2.45, 2.75) is 38.6 Å². The summed E-state index contributed by atoms with van der Waals surface area (Å²) in [6.45, 7) is 2.23. The average Bonchev–Trinajstić information content (AvgIpc) is 2.43. The molecule has 0 amide bonds. The van der Waals surface area contributed by atoms with Crippen LogP contribution >= 0.6 is 0 Å². The summed E-state index contributed by atoms with van der Waals surface area (Å²) >= 11 is 0. The van der Waals surface area contributed by atoms with Crippen LogP contribution < -0.4 is 14.8 Å². The van der Waals surface area contributed by atoms with Crippen LogP contribution in [0.4, 0.5) is 0 Å². The fraction of sp³-hybridized carbons (Fsp3) is 0.600. The zero-order valence-electron chi connectivity index (χ0n) is 12.0. The molecule has 1 atom stereocenters. The molecule has 0 saturated heterocycles. The zero-order valence-corrected chi connectivity index (χ0v) is 12.0. The van der Waals surface area contributed by atoms with Crippen molar-refractivity contribution >= 4 is 0 Å². The molecular weight excluding hydrogens is 226 g/mol. The topological polar surface area (TPSA) is 30.5 Å². The maximum Gasteiger partial charge on any atom is 0.160 e. The van der Waals surface area contributed by atoms with Gasteiger partial charge in [-0.3, -0.25) is 0 Å². The molecule has 1 aromatic rings. The maximum absolute atomic E-state index is 5.33. The maximum atomic E-state index is 5.33. The normalized spacial score (nSPS) is 12.2. The number of hydrogen-bond donors (Lipinski definition) is 1. The van der Waals surface area contributed by atoms with E-state index in [1.165, 1.54) is 24.8 Å². The summed E-state index contributed by atoms with van der Waals surface area (Å²) in [5, 5.41) is 3.38. The lowest BCUT2D eigenvalue weighted by Gasteiger charge is -2.17. The monoisotopic (exact) mass is 251 g/mol. The van der Waals surface area contributed by atoms with E-state index in [1.54, 1.807) is 14.2 Å². The number of ether oxygens (including phenoxy) is 2. The van der Waals surface area contributed by atoms with Crippen molar-refractivity contribution in [2.24, 2.45) is 0 Å². The SMILES string of the molecule is CCCCC(Cc1ccc(OC)c(OC)c1)NC. The van der Waals surface area contributed by atoms with E-state index >= 15 is 0 Å². The van der Waals surface area contributed by atoms with Gasteiger partial charge < -0.3 is 14.8 Å². The molecule has 1 unspecified atom stereocenters. The molecule has 0 aliphatic carbocycles. The molecule has 0 fully saturated rings. The van der Waals surface area contributed by atoms with E-state index in [0.717, 1.165) is 17.9 Å². The second-order valence-electron chi connectivity index (χ2n) is 4.52. The first-order valence-electron chi connectivity index (χ1n) is 6.63. The van der Waals surface area contributed by atoms with Gasteiger partial charge in [-0.25, -0.2) is 0 Å². The smallest absolute Gasteiger partial charge is 0.160 e. The standard InChI is InChI=1S/C15H25NO2/c1-5-6-7-13(16-2)10-12-8-9-14(17-3)15(11-12)18-4/h8-9,11,13,16H,5-7,10H2,1-4H3. The summed E-state index contributed by atoms with van der Waals surface area (Å²) in [6.07, 6.45) is 4.74. The van der Waals surface area contributed by atoms with Crippen molar-refractivity contribution in [3.8, 4) is 11.5 Å². The molecule has 1 aromatic carbocycles. The van der Waals surface area contributed by atoms with Crippen molar-refractivity contribution in [3.63, 3.8) is 0 Å². The Hall–Kier alpha value is -1.22. The lowest BCUT2D eigenvalue weighted by Crippen LogP contribution is -2.27. The first-order chi connectivity index (χ1) is 8.74. The molecule has 0 aliphatic rings. The van der Waals surface area contributed by atoms with Crippen LogP contribution in [-0.2, 0) is 6.42 Å². The van der Waals surface area contributed by atoms with E-state index in [2.05, 4.69) is 24.4 Å². The van der Waals surface area contributed by atoms with Crippen LogP contribution in [-0.4, -0.2) is 27.3 Å². The number of benzene rings is 1. The second kappa shape index (κ2) is 7.98. The molecule has 102 valence electrons. The number of hydrogen-bond acceptors (Lipinski definition) is 3. The summed E-state index contributed by atoms with van der Waals surface area (Å²) in [5.74, 6) is 1.59. The van der Waals surface area contributed by atoms with E-state index in [4.69, 9.17) is 9.47 Å². The van der Waals surface area contributed by atoms with Gasteiger partial charge in [-0.2, -0.15) is 0 Å². The van der Waals surface area contributed by atoms with E-state index < -0.39 is 0 Å². The summed E-state index contributed by atoms with van der Waals surface area (Å²) in [5.41, 5.74) is 1.28. The molecule has 18 heavy (non-hydrogen) atoms. The Labute approximate surface area is 110 Å². The summed E-state index contributed by atoms with van der Waals surface area (Å²) < 4.78 is 10.6. The van der Waals surface area contributed by atoms with Gasteiger partial charge in [0.25, 0.3) is 0 Å². The molecule has 0 bridgehead atoms. The fourth-order valence-electron chi connectivity index (χ4n) is 2.09. The van der Waals surface area contributed by atoms with Gasteiger partial charge in [-0.05, 0) is 37.6 Å². The Morgan fingerprint density at radius 1 is 1.17 bits per heavy atom. The van der Waals surface area contributed by atoms with Gasteiger partial charge in [0.2, 0.25) is 0 Å². The first kappa shape index (κ1) is 14.8. The predicted molar refractivity (Wildman–Crippen MR) is 75.6 cm³/mol. The molecule has 1 N–H and O–H groups in total. The molecule has 1 rings (SSSR count). The summed E-state index contributed by atoms with van der Waals surface area (Å²) in [7, 11) is 5.37. The lowest BCUT2D eigenvalue weighted by molar-refractivity contribution is 0.354. The minimum Gasteiger partial charge on any atom is -0.493 e. The third-order valence-electron chi connectivity index (χ3n) is 3.24. The zero-order chi connectivity index (χ0) is 13.4. The molecule has 0 spiro atoms.